The van der Waals surface area contributed by atoms with Gasteiger partial charge in [0, 0.05) is 41.4 Å². The van der Waals surface area contributed by atoms with E-state index in [0.717, 1.165) is 53.9 Å². The number of likely N-dealkylation sites (tertiary alicyclic amines) is 1. The molecule has 0 bridgehead atoms. The third-order valence-corrected chi connectivity index (χ3v) is 4.98. The van der Waals surface area contributed by atoms with Crippen molar-refractivity contribution in [2.75, 3.05) is 25.5 Å². The molecule has 1 fully saturated rings. The minimum atomic E-state index is 0.372. The third kappa shape index (κ3) is 4.42. The Morgan fingerprint density at radius 3 is 2.54 bits per heavy atom. The van der Waals surface area contributed by atoms with Crippen LogP contribution in [0.5, 0.6) is 11.5 Å². The Bertz CT molecular complexity index is 668. The average Bonchev–Trinajstić information content (AvgIpc) is 2.60. The Morgan fingerprint density at radius 2 is 1.88 bits per heavy atom. The van der Waals surface area contributed by atoms with E-state index in [0.29, 0.717) is 11.8 Å². The van der Waals surface area contributed by atoms with E-state index in [-0.39, 0.29) is 0 Å². The fourth-order valence-electron chi connectivity index (χ4n) is 3.08. The van der Waals surface area contributed by atoms with Crippen LogP contribution in [0, 0.1) is 0 Å². The summed E-state index contributed by atoms with van der Waals surface area (Å²) < 4.78 is 6.20. The quantitative estimate of drug-likeness (QED) is 0.801. The summed E-state index contributed by atoms with van der Waals surface area (Å²) in [5, 5.41) is 13.6. The number of hydrogen-bond acceptors (Lipinski definition) is 4. The van der Waals surface area contributed by atoms with Crippen LogP contribution in [-0.2, 0) is 6.54 Å². The van der Waals surface area contributed by atoms with Gasteiger partial charge >= 0.3 is 0 Å². The standard InChI is InChI=1S/C19H23BrN2O2/c1-24-18-5-3-16(4-6-18)21-17-8-10-22(11-9-17)13-14-12-15(20)2-7-19(14)23/h2-7,12,17,21,23H,8-11,13H2,1H3. The van der Waals surface area contributed by atoms with Gasteiger partial charge in [-0.2, -0.15) is 0 Å². The molecule has 2 aromatic carbocycles. The molecular formula is C19H23BrN2O2. The molecule has 0 saturated carbocycles. The topological polar surface area (TPSA) is 44.7 Å². The largest absolute Gasteiger partial charge is 0.508 e. The van der Waals surface area contributed by atoms with Crippen LogP contribution in [0.3, 0.4) is 0 Å². The van der Waals surface area contributed by atoms with Gasteiger partial charge in [0.05, 0.1) is 7.11 Å². The van der Waals surface area contributed by atoms with Gasteiger partial charge in [-0.25, -0.2) is 0 Å². The SMILES string of the molecule is COc1ccc(NC2CCN(Cc3cc(Br)ccc3O)CC2)cc1. The summed E-state index contributed by atoms with van der Waals surface area (Å²) in [5.41, 5.74) is 2.12. The van der Waals surface area contributed by atoms with E-state index in [9.17, 15) is 5.11 Å². The van der Waals surface area contributed by atoms with Crippen molar-refractivity contribution in [3.8, 4) is 11.5 Å². The molecule has 2 N–H and O–H groups in total. The fourth-order valence-corrected chi connectivity index (χ4v) is 3.49. The third-order valence-electron chi connectivity index (χ3n) is 4.48. The summed E-state index contributed by atoms with van der Waals surface area (Å²) >= 11 is 3.47. The van der Waals surface area contributed by atoms with Gasteiger partial charge in [-0.05, 0) is 55.3 Å². The number of aromatic hydroxyl groups is 1. The fraction of sp³-hybridized carbons (Fsp3) is 0.368. The van der Waals surface area contributed by atoms with Crippen LogP contribution in [0.4, 0.5) is 5.69 Å². The molecule has 0 aromatic heterocycles. The molecular weight excluding hydrogens is 368 g/mol. The number of methoxy groups -OCH3 is 1. The van der Waals surface area contributed by atoms with Crippen molar-refractivity contribution in [2.24, 2.45) is 0 Å². The van der Waals surface area contributed by atoms with Crippen LogP contribution in [0.1, 0.15) is 18.4 Å². The summed E-state index contributed by atoms with van der Waals surface area (Å²) in [7, 11) is 1.68. The van der Waals surface area contributed by atoms with Gasteiger partial charge in [0.25, 0.3) is 0 Å². The van der Waals surface area contributed by atoms with Gasteiger partial charge < -0.3 is 15.2 Å². The lowest BCUT2D eigenvalue weighted by molar-refractivity contribution is 0.209. The normalized spacial score (nSPS) is 16.1. The second-order valence-corrected chi connectivity index (χ2v) is 7.11. The van der Waals surface area contributed by atoms with E-state index in [1.54, 1.807) is 13.2 Å². The average molecular weight is 391 g/mol. The molecule has 0 atom stereocenters. The number of rotatable bonds is 5. The van der Waals surface area contributed by atoms with E-state index in [1.807, 2.05) is 24.3 Å². The smallest absolute Gasteiger partial charge is 0.120 e. The summed E-state index contributed by atoms with van der Waals surface area (Å²) in [6.07, 6.45) is 2.20. The molecule has 128 valence electrons. The highest BCUT2D eigenvalue weighted by molar-refractivity contribution is 9.10. The maximum atomic E-state index is 9.99. The van der Waals surface area contributed by atoms with E-state index >= 15 is 0 Å². The molecule has 4 nitrogen and oxygen atoms in total. The Hall–Kier alpha value is -1.72. The molecule has 2 aromatic rings. The van der Waals surface area contributed by atoms with Gasteiger partial charge in [-0.3, -0.25) is 4.90 Å². The molecule has 1 aliphatic rings. The van der Waals surface area contributed by atoms with E-state index in [2.05, 4.69) is 38.3 Å². The van der Waals surface area contributed by atoms with E-state index < -0.39 is 0 Å². The lowest BCUT2D eigenvalue weighted by Gasteiger charge is -2.33. The lowest BCUT2D eigenvalue weighted by atomic mass is 10.0. The van der Waals surface area contributed by atoms with E-state index in [1.165, 1.54) is 0 Å². The van der Waals surface area contributed by atoms with Crippen LogP contribution in [-0.4, -0.2) is 36.2 Å². The first-order valence-electron chi connectivity index (χ1n) is 8.24. The van der Waals surface area contributed by atoms with Gasteiger partial charge in [0.2, 0.25) is 0 Å². The number of piperidine rings is 1. The zero-order valence-electron chi connectivity index (χ0n) is 13.8. The molecule has 0 amide bonds. The number of hydrogen-bond donors (Lipinski definition) is 2. The van der Waals surface area contributed by atoms with Crippen LogP contribution in [0.15, 0.2) is 46.9 Å². The van der Waals surface area contributed by atoms with Gasteiger partial charge in [-0.1, -0.05) is 15.9 Å². The highest BCUT2D eigenvalue weighted by Gasteiger charge is 2.20. The number of nitrogens with one attached hydrogen (secondary N) is 1. The van der Waals surface area contributed by atoms with Crippen LogP contribution < -0.4 is 10.1 Å². The van der Waals surface area contributed by atoms with Crippen molar-refractivity contribution < 1.29 is 9.84 Å². The van der Waals surface area contributed by atoms with Crippen molar-refractivity contribution in [2.45, 2.75) is 25.4 Å². The van der Waals surface area contributed by atoms with Crippen molar-refractivity contribution >= 4 is 21.6 Å². The molecule has 0 spiro atoms. The Labute approximate surface area is 151 Å². The Kier molecular flexibility index (Phi) is 5.63. The highest BCUT2D eigenvalue weighted by atomic mass is 79.9. The molecule has 0 radical (unpaired) electrons. The first-order chi connectivity index (χ1) is 11.6. The van der Waals surface area contributed by atoms with Crippen molar-refractivity contribution in [1.82, 2.24) is 4.90 Å². The second kappa shape index (κ2) is 7.90. The van der Waals surface area contributed by atoms with Gasteiger partial charge in [0.15, 0.2) is 0 Å². The maximum Gasteiger partial charge on any atom is 0.120 e. The lowest BCUT2D eigenvalue weighted by Crippen LogP contribution is -2.38. The molecule has 24 heavy (non-hydrogen) atoms. The molecule has 5 heteroatoms. The predicted octanol–water partition coefficient (Wildman–Crippen LogP) is 4.24. The molecule has 0 unspecified atom stereocenters. The minimum Gasteiger partial charge on any atom is -0.508 e. The van der Waals surface area contributed by atoms with Crippen molar-refractivity contribution in [3.05, 3.63) is 52.5 Å². The summed E-state index contributed by atoms with van der Waals surface area (Å²) in [6, 6.07) is 14.2. The maximum absolute atomic E-state index is 9.99. The van der Waals surface area contributed by atoms with Crippen molar-refractivity contribution in [3.63, 3.8) is 0 Å². The zero-order valence-corrected chi connectivity index (χ0v) is 15.4. The molecule has 3 rings (SSSR count). The first kappa shape index (κ1) is 17.1. The zero-order chi connectivity index (χ0) is 16.9. The predicted molar refractivity (Wildman–Crippen MR) is 101 cm³/mol. The number of ether oxygens (including phenoxy) is 1. The Balaban J connectivity index is 1.51. The molecule has 1 aliphatic heterocycles. The van der Waals surface area contributed by atoms with Gasteiger partial charge in [-0.15, -0.1) is 0 Å². The molecule has 1 saturated heterocycles. The number of nitrogens with zero attached hydrogens (tertiary/aromatic N) is 1. The van der Waals surface area contributed by atoms with E-state index in [4.69, 9.17) is 4.74 Å². The summed E-state index contributed by atoms with van der Waals surface area (Å²) in [4.78, 5) is 2.40. The number of anilines is 1. The number of benzene rings is 2. The number of halogens is 1. The van der Waals surface area contributed by atoms with Gasteiger partial charge in [0.1, 0.15) is 11.5 Å². The summed E-state index contributed by atoms with van der Waals surface area (Å²) in [6.45, 7) is 2.85. The van der Waals surface area contributed by atoms with Crippen LogP contribution in [0.2, 0.25) is 0 Å². The minimum absolute atomic E-state index is 0.372. The van der Waals surface area contributed by atoms with Crippen LogP contribution >= 0.6 is 15.9 Å². The molecule has 0 aliphatic carbocycles. The summed E-state index contributed by atoms with van der Waals surface area (Å²) in [5.74, 6) is 1.25. The van der Waals surface area contributed by atoms with Crippen LogP contribution in [0.25, 0.3) is 0 Å². The number of phenols is 1. The Morgan fingerprint density at radius 1 is 1.17 bits per heavy atom. The monoisotopic (exact) mass is 390 g/mol. The highest BCUT2D eigenvalue weighted by Crippen LogP contribution is 2.25. The van der Waals surface area contributed by atoms with Crippen molar-refractivity contribution in [1.29, 1.82) is 0 Å². The second-order valence-electron chi connectivity index (χ2n) is 6.20. The molecule has 1 heterocycles. The number of phenolic OH excluding ortho intramolecular Hbond substituents is 1. The first-order valence-corrected chi connectivity index (χ1v) is 9.03.